The van der Waals surface area contributed by atoms with Crippen molar-refractivity contribution >= 4 is 23.5 Å². The summed E-state index contributed by atoms with van der Waals surface area (Å²) in [5.74, 6) is -1.78. The molecule has 1 aromatic rings. The Hall–Kier alpha value is -1.49. The fraction of sp³-hybridized carbons (Fsp3) is 0.538. The maximum absolute atomic E-state index is 12.0. The standard InChI is InChI=1S/C13H19ClN2O3/c1-4-9(13(18)19)6-15-12(17)11-5-10(14)7-16(11)8(2)3/h5,7-9H,4,6H2,1-3H3,(H,15,17)(H,18,19). The van der Waals surface area contributed by atoms with Crippen LogP contribution >= 0.6 is 11.6 Å². The van der Waals surface area contributed by atoms with Gasteiger partial charge < -0.3 is 15.0 Å². The molecule has 1 aromatic heterocycles. The molecule has 0 aliphatic heterocycles. The summed E-state index contributed by atoms with van der Waals surface area (Å²) in [6, 6.07) is 1.69. The van der Waals surface area contributed by atoms with Gasteiger partial charge >= 0.3 is 5.97 Å². The van der Waals surface area contributed by atoms with Crippen LogP contribution in [0.5, 0.6) is 0 Å². The fourth-order valence-corrected chi connectivity index (χ4v) is 1.98. The minimum absolute atomic E-state index is 0.106. The van der Waals surface area contributed by atoms with E-state index in [9.17, 15) is 9.59 Å². The Bertz CT molecular complexity index is 468. The Morgan fingerprint density at radius 3 is 2.58 bits per heavy atom. The number of carboxylic acids is 1. The maximum Gasteiger partial charge on any atom is 0.308 e. The van der Waals surface area contributed by atoms with Crippen molar-refractivity contribution in [3.8, 4) is 0 Å². The number of hydrogen-bond donors (Lipinski definition) is 2. The first-order valence-electron chi connectivity index (χ1n) is 6.25. The van der Waals surface area contributed by atoms with Crippen LogP contribution in [0.2, 0.25) is 5.02 Å². The summed E-state index contributed by atoms with van der Waals surface area (Å²) in [6.45, 7) is 5.78. The van der Waals surface area contributed by atoms with E-state index in [1.807, 2.05) is 13.8 Å². The van der Waals surface area contributed by atoms with E-state index < -0.39 is 11.9 Å². The average Bonchev–Trinajstić information content (AvgIpc) is 2.71. The van der Waals surface area contributed by atoms with Gasteiger partial charge in [0.1, 0.15) is 5.69 Å². The topological polar surface area (TPSA) is 71.3 Å². The van der Waals surface area contributed by atoms with Crippen LogP contribution < -0.4 is 5.32 Å². The van der Waals surface area contributed by atoms with Gasteiger partial charge in [0.2, 0.25) is 0 Å². The summed E-state index contributed by atoms with van der Waals surface area (Å²) in [4.78, 5) is 22.9. The second-order valence-electron chi connectivity index (χ2n) is 4.70. The fourth-order valence-electron chi connectivity index (χ4n) is 1.77. The minimum Gasteiger partial charge on any atom is -0.481 e. The summed E-state index contributed by atoms with van der Waals surface area (Å²) < 4.78 is 1.76. The largest absolute Gasteiger partial charge is 0.481 e. The second kappa shape index (κ2) is 6.61. The molecule has 0 aliphatic rings. The van der Waals surface area contributed by atoms with Crippen LogP contribution in [0.1, 0.15) is 43.7 Å². The van der Waals surface area contributed by atoms with Crippen LogP contribution in [0.25, 0.3) is 0 Å². The molecule has 2 N–H and O–H groups in total. The van der Waals surface area contributed by atoms with Gasteiger partial charge in [-0.15, -0.1) is 0 Å². The van der Waals surface area contributed by atoms with E-state index in [-0.39, 0.29) is 18.5 Å². The number of nitrogens with zero attached hydrogens (tertiary/aromatic N) is 1. The van der Waals surface area contributed by atoms with Crippen molar-refractivity contribution in [2.75, 3.05) is 6.54 Å². The molecule has 0 aromatic carbocycles. The van der Waals surface area contributed by atoms with E-state index in [1.54, 1.807) is 23.8 Å². The zero-order valence-electron chi connectivity index (χ0n) is 11.3. The number of carbonyl (C=O) groups excluding carboxylic acids is 1. The highest BCUT2D eigenvalue weighted by atomic mass is 35.5. The third-order valence-electron chi connectivity index (χ3n) is 2.96. The predicted octanol–water partition coefficient (Wildman–Crippen LogP) is 2.56. The van der Waals surface area contributed by atoms with Crippen molar-refractivity contribution in [1.82, 2.24) is 9.88 Å². The number of carbonyl (C=O) groups is 2. The molecular formula is C13H19ClN2O3. The number of halogens is 1. The summed E-state index contributed by atoms with van der Waals surface area (Å²) in [7, 11) is 0. The van der Waals surface area contributed by atoms with Crippen molar-refractivity contribution in [1.29, 1.82) is 0 Å². The molecule has 19 heavy (non-hydrogen) atoms. The predicted molar refractivity (Wildman–Crippen MR) is 73.6 cm³/mol. The number of aromatic nitrogens is 1. The zero-order chi connectivity index (χ0) is 14.6. The molecule has 0 saturated carbocycles. The van der Waals surface area contributed by atoms with Crippen molar-refractivity contribution in [2.45, 2.75) is 33.2 Å². The number of aliphatic carboxylic acids is 1. The molecule has 1 heterocycles. The highest BCUT2D eigenvalue weighted by molar-refractivity contribution is 6.31. The molecule has 106 valence electrons. The zero-order valence-corrected chi connectivity index (χ0v) is 12.1. The van der Waals surface area contributed by atoms with Crippen molar-refractivity contribution in [2.24, 2.45) is 5.92 Å². The van der Waals surface area contributed by atoms with E-state index in [2.05, 4.69) is 5.32 Å². The highest BCUT2D eigenvalue weighted by Crippen LogP contribution is 2.18. The summed E-state index contributed by atoms with van der Waals surface area (Å²) in [5.41, 5.74) is 0.445. The molecule has 0 saturated heterocycles. The average molecular weight is 287 g/mol. The molecule has 1 atom stereocenters. The molecule has 0 spiro atoms. The molecule has 0 bridgehead atoms. The molecule has 6 heteroatoms. The van der Waals surface area contributed by atoms with Gasteiger partial charge in [-0.25, -0.2) is 0 Å². The molecule has 5 nitrogen and oxygen atoms in total. The van der Waals surface area contributed by atoms with Crippen LogP contribution in [0, 0.1) is 5.92 Å². The lowest BCUT2D eigenvalue weighted by Gasteiger charge is -2.14. The minimum atomic E-state index is -0.903. The first-order chi connectivity index (χ1) is 8.86. The Morgan fingerprint density at radius 1 is 1.47 bits per heavy atom. The van der Waals surface area contributed by atoms with Crippen LogP contribution in [-0.4, -0.2) is 28.1 Å². The van der Waals surface area contributed by atoms with Gasteiger partial charge in [-0.2, -0.15) is 0 Å². The number of carboxylic acid groups (broad SMARTS) is 1. The first kappa shape index (κ1) is 15.6. The van der Waals surface area contributed by atoms with Gasteiger partial charge in [0.25, 0.3) is 5.91 Å². The molecule has 0 fully saturated rings. The summed E-state index contributed by atoms with van der Waals surface area (Å²) in [6.07, 6.45) is 2.16. The SMILES string of the molecule is CCC(CNC(=O)c1cc(Cl)cn1C(C)C)C(=O)O. The lowest BCUT2D eigenvalue weighted by atomic mass is 10.1. The Labute approximate surface area is 117 Å². The molecule has 0 radical (unpaired) electrons. The van der Waals surface area contributed by atoms with E-state index in [0.29, 0.717) is 17.1 Å². The Balaban J connectivity index is 2.76. The van der Waals surface area contributed by atoms with Crippen molar-refractivity contribution in [3.63, 3.8) is 0 Å². The van der Waals surface area contributed by atoms with E-state index >= 15 is 0 Å². The highest BCUT2D eigenvalue weighted by Gasteiger charge is 2.19. The van der Waals surface area contributed by atoms with Crippen LogP contribution in [-0.2, 0) is 4.79 Å². The number of nitrogens with one attached hydrogen (secondary N) is 1. The summed E-state index contributed by atoms with van der Waals surface area (Å²) >= 11 is 5.90. The lowest BCUT2D eigenvalue weighted by Crippen LogP contribution is -2.33. The molecule has 1 rings (SSSR count). The normalized spacial score (nSPS) is 12.5. The van der Waals surface area contributed by atoms with Gasteiger partial charge in [0, 0.05) is 18.8 Å². The first-order valence-corrected chi connectivity index (χ1v) is 6.63. The van der Waals surface area contributed by atoms with Crippen molar-refractivity contribution in [3.05, 3.63) is 23.0 Å². The van der Waals surface area contributed by atoms with Crippen LogP contribution in [0.3, 0.4) is 0 Å². The quantitative estimate of drug-likeness (QED) is 0.844. The summed E-state index contributed by atoms with van der Waals surface area (Å²) in [5, 5.41) is 12.1. The smallest absolute Gasteiger partial charge is 0.308 e. The lowest BCUT2D eigenvalue weighted by molar-refractivity contribution is -0.141. The number of amides is 1. The molecule has 1 amide bonds. The van der Waals surface area contributed by atoms with Gasteiger partial charge in [0.05, 0.1) is 10.9 Å². The van der Waals surface area contributed by atoms with E-state index in [1.165, 1.54) is 0 Å². The van der Waals surface area contributed by atoms with Crippen molar-refractivity contribution < 1.29 is 14.7 Å². The third-order valence-corrected chi connectivity index (χ3v) is 3.16. The molecular weight excluding hydrogens is 268 g/mol. The number of rotatable bonds is 6. The van der Waals surface area contributed by atoms with E-state index in [4.69, 9.17) is 16.7 Å². The van der Waals surface area contributed by atoms with Gasteiger partial charge in [0.15, 0.2) is 0 Å². The van der Waals surface area contributed by atoms with Gasteiger partial charge in [-0.1, -0.05) is 18.5 Å². The van der Waals surface area contributed by atoms with Gasteiger partial charge in [-0.05, 0) is 26.3 Å². The molecule has 0 aliphatic carbocycles. The van der Waals surface area contributed by atoms with Crippen LogP contribution in [0.15, 0.2) is 12.3 Å². The van der Waals surface area contributed by atoms with E-state index in [0.717, 1.165) is 0 Å². The Morgan fingerprint density at radius 2 is 2.11 bits per heavy atom. The maximum atomic E-state index is 12.0. The number of hydrogen-bond acceptors (Lipinski definition) is 2. The van der Waals surface area contributed by atoms with Crippen LogP contribution in [0.4, 0.5) is 0 Å². The van der Waals surface area contributed by atoms with Gasteiger partial charge in [-0.3, -0.25) is 9.59 Å². The Kier molecular flexibility index (Phi) is 5.42. The molecule has 1 unspecified atom stereocenters. The third kappa shape index (κ3) is 3.99. The second-order valence-corrected chi connectivity index (χ2v) is 5.13. The monoisotopic (exact) mass is 286 g/mol.